The highest BCUT2D eigenvalue weighted by atomic mass is 16.5. The zero-order valence-electron chi connectivity index (χ0n) is 8.62. The number of amides is 1. The number of ether oxygens (including phenoxy) is 2. The average Bonchev–Trinajstić information content (AvgIpc) is 2.27. The zero-order chi connectivity index (χ0) is 11.1. The Morgan fingerprint density at radius 1 is 1.67 bits per heavy atom. The zero-order valence-corrected chi connectivity index (χ0v) is 8.62. The van der Waals surface area contributed by atoms with E-state index in [0.717, 1.165) is 0 Å². The molecule has 1 fully saturated rings. The number of hydrogen-bond acceptors (Lipinski definition) is 3. The van der Waals surface area contributed by atoms with Crippen molar-refractivity contribution in [1.29, 1.82) is 0 Å². The summed E-state index contributed by atoms with van der Waals surface area (Å²) in [7, 11) is 0. The fraction of sp³-hybridized carbons (Fsp3) is 0.545. The monoisotopic (exact) mass is 209 g/mol. The Morgan fingerprint density at radius 2 is 2.33 bits per heavy atom. The molecule has 4 heteroatoms. The van der Waals surface area contributed by atoms with Crippen LogP contribution in [0, 0.1) is 12.3 Å². The van der Waals surface area contributed by atoms with Crippen molar-refractivity contribution in [3.8, 4) is 12.3 Å². The van der Waals surface area contributed by atoms with Crippen LogP contribution in [-0.2, 0) is 9.47 Å². The molecule has 1 aliphatic rings. The molecular weight excluding hydrogens is 194 g/mol. The van der Waals surface area contributed by atoms with Crippen LogP contribution in [0.3, 0.4) is 0 Å². The maximum atomic E-state index is 11.3. The number of nitrogens with one attached hydrogen (secondary N) is 1. The molecule has 15 heavy (non-hydrogen) atoms. The van der Waals surface area contributed by atoms with E-state index in [1.165, 1.54) is 6.08 Å². The molecule has 1 aliphatic heterocycles. The lowest BCUT2D eigenvalue weighted by Crippen LogP contribution is -2.51. The van der Waals surface area contributed by atoms with Crippen molar-refractivity contribution in [2.45, 2.75) is 18.4 Å². The first-order chi connectivity index (χ1) is 7.22. The van der Waals surface area contributed by atoms with Crippen molar-refractivity contribution in [2.24, 2.45) is 0 Å². The van der Waals surface area contributed by atoms with E-state index >= 15 is 0 Å². The third-order valence-corrected chi connectivity index (χ3v) is 2.30. The average molecular weight is 209 g/mol. The third-order valence-electron chi connectivity index (χ3n) is 2.30. The van der Waals surface area contributed by atoms with E-state index in [1.54, 1.807) is 0 Å². The molecule has 0 atom stereocenters. The van der Waals surface area contributed by atoms with E-state index in [0.29, 0.717) is 26.1 Å². The number of carbonyl (C=O) groups is 1. The summed E-state index contributed by atoms with van der Waals surface area (Å²) < 4.78 is 10.0. The van der Waals surface area contributed by atoms with Gasteiger partial charge in [-0.3, -0.25) is 0 Å². The van der Waals surface area contributed by atoms with Crippen molar-refractivity contribution in [3.63, 3.8) is 0 Å². The number of alkyl carbamates (subject to hydrolysis) is 1. The van der Waals surface area contributed by atoms with Gasteiger partial charge in [-0.1, -0.05) is 18.6 Å². The van der Waals surface area contributed by atoms with Gasteiger partial charge >= 0.3 is 6.09 Å². The van der Waals surface area contributed by atoms with E-state index in [1.807, 2.05) is 0 Å². The Hall–Kier alpha value is -1.47. The highest BCUT2D eigenvalue weighted by Gasteiger charge is 2.32. The number of hydrogen-bond donors (Lipinski definition) is 1. The minimum Gasteiger partial charge on any atom is -0.445 e. The summed E-state index contributed by atoms with van der Waals surface area (Å²) in [6.45, 7) is 4.76. The first-order valence-electron chi connectivity index (χ1n) is 4.84. The predicted octanol–water partition coefficient (Wildman–Crippen LogP) is 1.08. The maximum absolute atomic E-state index is 11.3. The van der Waals surface area contributed by atoms with Gasteiger partial charge in [-0.15, -0.1) is 6.42 Å². The molecule has 1 rings (SSSR count). The highest BCUT2D eigenvalue weighted by molar-refractivity contribution is 5.69. The first-order valence-corrected chi connectivity index (χ1v) is 4.84. The summed E-state index contributed by atoms with van der Waals surface area (Å²) in [6, 6.07) is 0. The second-order valence-corrected chi connectivity index (χ2v) is 3.35. The van der Waals surface area contributed by atoms with Crippen molar-refractivity contribution < 1.29 is 14.3 Å². The van der Waals surface area contributed by atoms with Gasteiger partial charge in [-0.05, 0) is 0 Å². The molecule has 0 aliphatic carbocycles. The Bertz CT molecular complexity index is 274. The molecule has 1 amide bonds. The van der Waals surface area contributed by atoms with Crippen LogP contribution < -0.4 is 5.32 Å². The fourth-order valence-electron chi connectivity index (χ4n) is 1.39. The molecule has 0 aromatic rings. The van der Waals surface area contributed by atoms with Crippen molar-refractivity contribution in [3.05, 3.63) is 12.7 Å². The lowest BCUT2D eigenvalue weighted by Gasteiger charge is -2.32. The molecule has 1 heterocycles. The molecule has 82 valence electrons. The summed E-state index contributed by atoms with van der Waals surface area (Å²) in [4.78, 5) is 11.3. The van der Waals surface area contributed by atoms with Gasteiger partial charge in [0.15, 0.2) is 0 Å². The van der Waals surface area contributed by atoms with E-state index in [9.17, 15) is 4.79 Å². The van der Waals surface area contributed by atoms with E-state index < -0.39 is 11.6 Å². The molecule has 0 aromatic carbocycles. The highest BCUT2D eigenvalue weighted by Crippen LogP contribution is 2.19. The van der Waals surface area contributed by atoms with E-state index in [-0.39, 0.29) is 6.61 Å². The van der Waals surface area contributed by atoms with Crippen LogP contribution in [0.15, 0.2) is 12.7 Å². The molecule has 0 radical (unpaired) electrons. The van der Waals surface area contributed by atoms with Gasteiger partial charge in [0.2, 0.25) is 0 Å². The topological polar surface area (TPSA) is 47.6 Å². The van der Waals surface area contributed by atoms with Crippen LogP contribution >= 0.6 is 0 Å². The van der Waals surface area contributed by atoms with Crippen molar-refractivity contribution >= 4 is 6.09 Å². The smallest absolute Gasteiger partial charge is 0.408 e. The molecule has 1 N–H and O–H groups in total. The van der Waals surface area contributed by atoms with Crippen LogP contribution in [0.5, 0.6) is 0 Å². The molecule has 0 unspecified atom stereocenters. The molecule has 0 aromatic heterocycles. The van der Waals surface area contributed by atoms with Gasteiger partial charge in [0.05, 0.1) is 0 Å². The van der Waals surface area contributed by atoms with Crippen LogP contribution in [0.2, 0.25) is 0 Å². The van der Waals surface area contributed by atoms with Crippen molar-refractivity contribution in [2.75, 3.05) is 19.8 Å². The molecule has 0 bridgehead atoms. The Labute approximate surface area is 89.6 Å². The van der Waals surface area contributed by atoms with Crippen LogP contribution in [0.1, 0.15) is 12.8 Å². The van der Waals surface area contributed by atoms with Gasteiger partial charge in [0.25, 0.3) is 0 Å². The first kappa shape index (κ1) is 11.6. The SMILES string of the molecule is C#CC1(NC(=O)OCC=C)CCOCC1. The van der Waals surface area contributed by atoms with E-state index in [2.05, 4.69) is 17.8 Å². The normalized spacial score (nSPS) is 18.6. The Morgan fingerprint density at radius 3 is 2.87 bits per heavy atom. The Balaban J connectivity index is 2.48. The summed E-state index contributed by atoms with van der Waals surface area (Å²) in [5.41, 5.74) is -0.615. The molecule has 4 nitrogen and oxygen atoms in total. The largest absolute Gasteiger partial charge is 0.445 e. The standard InChI is InChI=1S/C11H15NO3/c1-3-7-15-10(13)12-11(4-2)5-8-14-9-6-11/h2-3H,1,5-9H2,(H,12,13). The third kappa shape index (κ3) is 3.30. The summed E-state index contributed by atoms with van der Waals surface area (Å²) in [5.74, 6) is 2.61. The minimum absolute atomic E-state index is 0.184. The quantitative estimate of drug-likeness (QED) is 0.559. The molecular formula is C11H15NO3. The second-order valence-electron chi connectivity index (χ2n) is 3.35. The lowest BCUT2D eigenvalue weighted by atomic mass is 9.91. The molecule has 0 saturated carbocycles. The molecule has 0 spiro atoms. The number of rotatable bonds is 3. The maximum Gasteiger partial charge on any atom is 0.408 e. The van der Waals surface area contributed by atoms with Gasteiger partial charge in [0.1, 0.15) is 12.1 Å². The minimum atomic E-state index is -0.615. The lowest BCUT2D eigenvalue weighted by molar-refractivity contribution is 0.0559. The Kier molecular flexibility index (Phi) is 4.19. The van der Waals surface area contributed by atoms with E-state index in [4.69, 9.17) is 15.9 Å². The fourth-order valence-corrected chi connectivity index (χ4v) is 1.39. The van der Waals surface area contributed by atoms with Gasteiger partial charge in [0, 0.05) is 26.1 Å². The summed E-state index contributed by atoms with van der Waals surface area (Å²) in [5, 5.41) is 2.69. The van der Waals surface area contributed by atoms with Crippen molar-refractivity contribution in [1.82, 2.24) is 5.32 Å². The van der Waals surface area contributed by atoms with Crippen LogP contribution in [-0.4, -0.2) is 31.5 Å². The summed E-state index contributed by atoms with van der Waals surface area (Å²) >= 11 is 0. The number of carbonyl (C=O) groups excluding carboxylic acids is 1. The predicted molar refractivity (Wildman–Crippen MR) is 56.3 cm³/mol. The van der Waals surface area contributed by atoms with Gasteiger partial charge in [-0.25, -0.2) is 4.79 Å². The number of terminal acetylenes is 1. The van der Waals surface area contributed by atoms with Crippen LogP contribution in [0.4, 0.5) is 4.79 Å². The van der Waals surface area contributed by atoms with Crippen LogP contribution in [0.25, 0.3) is 0 Å². The van der Waals surface area contributed by atoms with Gasteiger partial charge < -0.3 is 14.8 Å². The second kappa shape index (κ2) is 5.42. The molecule has 1 saturated heterocycles. The summed E-state index contributed by atoms with van der Waals surface area (Å²) in [6.07, 6.45) is 7.66. The van der Waals surface area contributed by atoms with Gasteiger partial charge in [-0.2, -0.15) is 0 Å².